The molecule has 0 aromatic heterocycles. The predicted octanol–water partition coefficient (Wildman–Crippen LogP) is 2.80. The zero-order valence-electron chi connectivity index (χ0n) is 12.4. The molecule has 0 bridgehead atoms. The summed E-state index contributed by atoms with van der Waals surface area (Å²) in [5.74, 6) is -1.58. The maximum atomic E-state index is 13.1. The Morgan fingerprint density at radius 3 is 2.64 bits per heavy atom. The van der Waals surface area contributed by atoms with E-state index in [0.29, 0.717) is 19.5 Å². The molecule has 0 heterocycles. The van der Waals surface area contributed by atoms with Crippen LogP contribution in [-0.2, 0) is 16.0 Å². The van der Waals surface area contributed by atoms with Gasteiger partial charge in [0.1, 0.15) is 5.82 Å². The van der Waals surface area contributed by atoms with Crippen LogP contribution in [0.4, 0.5) is 4.39 Å². The molecule has 1 aromatic carbocycles. The average molecular weight is 305 g/mol. The topological polar surface area (TPSA) is 57.6 Å². The molecule has 1 N–H and O–H groups in total. The zero-order chi connectivity index (χ0) is 16.5. The Hall–Kier alpha value is -2.43. The first-order valence-corrected chi connectivity index (χ1v) is 6.98. The second-order valence-electron chi connectivity index (χ2n) is 4.92. The number of carbonyl (C=O) groups is 2. The summed E-state index contributed by atoms with van der Waals surface area (Å²) < 4.78 is 13.1. The Morgan fingerprint density at radius 1 is 1.32 bits per heavy atom. The number of hydrogen-bond acceptors (Lipinski definition) is 2. The Kier molecular flexibility index (Phi) is 7.02. The van der Waals surface area contributed by atoms with Gasteiger partial charge < -0.3 is 10.0 Å². The molecule has 0 aliphatic carbocycles. The van der Waals surface area contributed by atoms with Crippen molar-refractivity contribution in [2.24, 2.45) is 0 Å². The first kappa shape index (κ1) is 17.6. The molecule has 0 aliphatic heterocycles. The lowest BCUT2D eigenvalue weighted by atomic mass is 10.1. The Morgan fingerprint density at radius 2 is 2.05 bits per heavy atom. The van der Waals surface area contributed by atoms with Crippen LogP contribution in [0.3, 0.4) is 0 Å². The summed E-state index contributed by atoms with van der Waals surface area (Å²) >= 11 is 0. The summed E-state index contributed by atoms with van der Waals surface area (Å²) in [7, 11) is 0. The van der Waals surface area contributed by atoms with E-state index in [2.05, 4.69) is 13.2 Å². The second kappa shape index (κ2) is 8.77. The van der Waals surface area contributed by atoms with E-state index in [0.717, 1.165) is 5.56 Å². The summed E-state index contributed by atoms with van der Waals surface area (Å²) in [6.45, 7) is 7.98. The fourth-order valence-electron chi connectivity index (χ4n) is 1.98. The van der Waals surface area contributed by atoms with Gasteiger partial charge in [0.25, 0.3) is 0 Å². The van der Waals surface area contributed by atoms with Gasteiger partial charge in [-0.3, -0.25) is 9.59 Å². The van der Waals surface area contributed by atoms with Crippen LogP contribution >= 0.6 is 0 Å². The summed E-state index contributed by atoms with van der Waals surface area (Å²) in [4.78, 5) is 24.3. The van der Waals surface area contributed by atoms with Gasteiger partial charge in [-0.2, -0.15) is 0 Å². The standard InChI is InChI=1S/C17H20FNO3/c1-3-10-19(17(22)13(2)7-8-16(20)21)11-9-14-5-4-6-15(18)12-14/h3-6,12H,1-2,7-11H2,(H,20,21). The number of nitrogens with zero attached hydrogens (tertiary/aromatic N) is 1. The summed E-state index contributed by atoms with van der Waals surface area (Å²) in [6.07, 6.45) is 2.08. The second-order valence-corrected chi connectivity index (χ2v) is 4.92. The van der Waals surface area contributed by atoms with Crippen LogP contribution in [-0.4, -0.2) is 35.0 Å². The Bertz CT molecular complexity index is 569. The molecular weight excluding hydrogens is 285 g/mol. The van der Waals surface area contributed by atoms with E-state index < -0.39 is 5.97 Å². The number of carboxylic acids is 1. The van der Waals surface area contributed by atoms with E-state index in [1.165, 1.54) is 17.0 Å². The fraction of sp³-hybridized carbons (Fsp3) is 0.294. The molecule has 0 saturated carbocycles. The normalized spacial score (nSPS) is 10.0. The van der Waals surface area contributed by atoms with Crippen LogP contribution in [0.25, 0.3) is 0 Å². The third kappa shape index (κ3) is 5.91. The highest BCUT2D eigenvalue weighted by Crippen LogP contribution is 2.10. The van der Waals surface area contributed by atoms with Gasteiger partial charge in [-0.1, -0.05) is 24.8 Å². The SMILES string of the molecule is C=CCN(CCc1cccc(F)c1)C(=O)C(=C)CCC(=O)O. The highest BCUT2D eigenvalue weighted by molar-refractivity contribution is 5.93. The lowest BCUT2D eigenvalue weighted by Gasteiger charge is -2.22. The van der Waals surface area contributed by atoms with Crippen molar-refractivity contribution < 1.29 is 19.1 Å². The van der Waals surface area contributed by atoms with E-state index in [1.807, 2.05) is 0 Å². The van der Waals surface area contributed by atoms with Crippen LogP contribution in [0.1, 0.15) is 18.4 Å². The number of benzene rings is 1. The van der Waals surface area contributed by atoms with Crippen molar-refractivity contribution >= 4 is 11.9 Å². The maximum Gasteiger partial charge on any atom is 0.303 e. The van der Waals surface area contributed by atoms with Crippen molar-refractivity contribution in [2.45, 2.75) is 19.3 Å². The third-order valence-electron chi connectivity index (χ3n) is 3.14. The summed E-state index contributed by atoms with van der Waals surface area (Å²) in [6, 6.07) is 6.20. The molecule has 0 unspecified atom stereocenters. The van der Waals surface area contributed by atoms with Crippen molar-refractivity contribution in [3.63, 3.8) is 0 Å². The van der Waals surface area contributed by atoms with Crippen LogP contribution < -0.4 is 0 Å². The quantitative estimate of drug-likeness (QED) is 0.564. The monoisotopic (exact) mass is 305 g/mol. The van der Waals surface area contributed by atoms with Gasteiger partial charge in [-0.25, -0.2) is 4.39 Å². The number of carbonyl (C=O) groups excluding carboxylic acids is 1. The lowest BCUT2D eigenvalue weighted by Crippen LogP contribution is -2.34. The number of hydrogen-bond donors (Lipinski definition) is 1. The first-order chi connectivity index (χ1) is 10.4. The Labute approximate surface area is 129 Å². The molecule has 4 nitrogen and oxygen atoms in total. The third-order valence-corrected chi connectivity index (χ3v) is 3.14. The largest absolute Gasteiger partial charge is 0.481 e. The molecule has 1 amide bonds. The Balaban J connectivity index is 2.63. The molecule has 5 heteroatoms. The van der Waals surface area contributed by atoms with Crippen molar-refractivity contribution in [3.05, 3.63) is 60.5 Å². The summed E-state index contributed by atoms with van der Waals surface area (Å²) in [5.41, 5.74) is 1.04. The molecule has 1 rings (SSSR count). The van der Waals surface area contributed by atoms with Crippen LogP contribution in [0.15, 0.2) is 49.1 Å². The molecule has 0 atom stereocenters. The molecular formula is C17H20FNO3. The van der Waals surface area contributed by atoms with E-state index >= 15 is 0 Å². The van der Waals surface area contributed by atoms with E-state index in [4.69, 9.17) is 5.11 Å². The highest BCUT2D eigenvalue weighted by Gasteiger charge is 2.16. The van der Waals surface area contributed by atoms with Crippen molar-refractivity contribution in [1.29, 1.82) is 0 Å². The maximum absolute atomic E-state index is 13.1. The number of amides is 1. The van der Waals surface area contributed by atoms with Crippen molar-refractivity contribution in [1.82, 2.24) is 4.90 Å². The van der Waals surface area contributed by atoms with Gasteiger partial charge in [-0.05, 0) is 30.5 Å². The smallest absolute Gasteiger partial charge is 0.303 e. The number of carboxylic acid groups (broad SMARTS) is 1. The molecule has 0 radical (unpaired) electrons. The van der Waals surface area contributed by atoms with E-state index in [-0.39, 0.29) is 30.1 Å². The fourth-order valence-corrected chi connectivity index (χ4v) is 1.98. The highest BCUT2D eigenvalue weighted by atomic mass is 19.1. The lowest BCUT2D eigenvalue weighted by molar-refractivity contribution is -0.137. The first-order valence-electron chi connectivity index (χ1n) is 6.98. The molecule has 0 saturated heterocycles. The minimum absolute atomic E-state index is 0.113. The van der Waals surface area contributed by atoms with E-state index in [1.54, 1.807) is 18.2 Å². The van der Waals surface area contributed by atoms with Crippen molar-refractivity contribution in [3.8, 4) is 0 Å². The van der Waals surface area contributed by atoms with Gasteiger partial charge in [0.05, 0.1) is 0 Å². The molecule has 1 aromatic rings. The zero-order valence-corrected chi connectivity index (χ0v) is 12.4. The molecule has 0 fully saturated rings. The van der Waals surface area contributed by atoms with Gasteiger partial charge in [0, 0.05) is 25.1 Å². The average Bonchev–Trinajstić information content (AvgIpc) is 2.48. The number of aliphatic carboxylic acids is 1. The van der Waals surface area contributed by atoms with Gasteiger partial charge in [0.2, 0.25) is 5.91 Å². The van der Waals surface area contributed by atoms with Crippen LogP contribution in [0.2, 0.25) is 0 Å². The summed E-state index contributed by atoms with van der Waals surface area (Å²) in [5, 5.41) is 8.65. The van der Waals surface area contributed by atoms with Gasteiger partial charge >= 0.3 is 5.97 Å². The molecule has 0 aliphatic rings. The molecule has 22 heavy (non-hydrogen) atoms. The molecule has 0 spiro atoms. The van der Waals surface area contributed by atoms with Crippen LogP contribution in [0.5, 0.6) is 0 Å². The van der Waals surface area contributed by atoms with E-state index in [9.17, 15) is 14.0 Å². The van der Waals surface area contributed by atoms with Gasteiger partial charge in [-0.15, -0.1) is 6.58 Å². The minimum atomic E-state index is -0.969. The van der Waals surface area contributed by atoms with Crippen LogP contribution in [0, 0.1) is 5.82 Å². The predicted molar refractivity (Wildman–Crippen MR) is 82.9 cm³/mol. The minimum Gasteiger partial charge on any atom is -0.481 e. The van der Waals surface area contributed by atoms with Crippen molar-refractivity contribution in [2.75, 3.05) is 13.1 Å². The van der Waals surface area contributed by atoms with Gasteiger partial charge in [0.15, 0.2) is 0 Å². The number of rotatable bonds is 9. The molecule has 118 valence electrons. The number of halogens is 1.